The Balaban J connectivity index is 0.00000225. The molecule has 6 nitrogen and oxygen atoms in total. The second-order valence-electron chi connectivity index (χ2n) is 3.64. The number of anilines is 2. The number of nitrogen functional groups attached to an aromatic ring is 1. The van der Waals surface area contributed by atoms with Gasteiger partial charge in [-0.3, -0.25) is 4.79 Å². The number of Topliss-reactive ketones (excluding diaryl/α,β-unsaturated/α-hetero) is 1. The van der Waals surface area contributed by atoms with Gasteiger partial charge < -0.3 is 15.6 Å². The van der Waals surface area contributed by atoms with E-state index in [1.807, 2.05) is 20.8 Å². The number of nitrogens with one attached hydrogen (secondary N) is 1. The number of carbonyl (C=O) groups excluding carboxylic acids is 1. The maximum absolute atomic E-state index is 11.6. The zero-order chi connectivity index (χ0) is 11.4. The van der Waals surface area contributed by atoms with Gasteiger partial charge in [0.25, 0.3) is 5.95 Å². The highest BCUT2D eigenvalue weighted by atomic mass is 16.5. The summed E-state index contributed by atoms with van der Waals surface area (Å²) in [6.45, 7) is 5.73. The third-order valence-corrected chi connectivity index (χ3v) is 2.09. The van der Waals surface area contributed by atoms with Crippen LogP contribution in [-0.2, 0) is 4.79 Å². The zero-order valence-electron chi connectivity index (χ0n) is 9.15. The molecule has 1 aromatic heterocycles. The first-order valence-corrected chi connectivity index (χ1v) is 4.93. The first kappa shape index (κ1) is 11.5. The van der Waals surface area contributed by atoms with E-state index >= 15 is 0 Å². The first-order valence-electron chi connectivity index (χ1n) is 4.93. The van der Waals surface area contributed by atoms with Crippen LogP contribution in [0.1, 0.15) is 28.6 Å². The van der Waals surface area contributed by atoms with Gasteiger partial charge in [-0.25, -0.2) is 0 Å². The summed E-state index contributed by atoms with van der Waals surface area (Å²) in [4.78, 5) is 15.4. The Hall–Kier alpha value is -1.59. The van der Waals surface area contributed by atoms with Crippen LogP contribution in [0.15, 0.2) is 4.52 Å². The Labute approximate surface area is 89.7 Å². The highest BCUT2D eigenvalue weighted by Gasteiger charge is 2.21. The van der Waals surface area contributed by atoms with Crippen molar-refractivity contribution in [2.75, 3.05) is 11.1 Å². The molecule has 1 rings (SSSR count). The van der Waals surface area contributed by atoms with Gasteiger partial charge in [0.2, 0.25) is 0 Å². The van der Waals surface area contributed by atoms with E-state index in [9.17, 15) is 4.79 Å². The molecule has 0 amide bonds. The van der Waals surface area contributed by atoms with E-state index in [2.05, 4.69) is 20.0 Å². The molecule has 0 aliphatic rings. The van der Waals surface area contributed by atoms with Crippen molar-refractivity contribution in [3.05, 3.63) is 0 Å². The smallest absolute Gasteiger partial charge is 0.320 e. The monoisotopic (exact) mass is 214 g/mol. The fourth-order valence-corrected chi connectivity index (χ4v) is 1.27. The topological polar surface area (TPSA) is 94.0 Å². The standard InChI is InChI=1S/C9H16N4O2.H2/c1-4-6(14)7(5(2)3)11-9-12-8(10)15-13-9;/h5,7H,4H2,1-3H3,(H3,10,11,12,13);1H/t7-;/m0./s1. The first-order chi connectivity index (χ1) is 7.04. The van der Waals surface area contributed by atoms with Gasteiger partial charge >= 0.3 is 6.01 Å². The molecule has 15 heavy (non-hydrogen) atoms. The number of rotatable bonds is 5. The van der Waals surface area contributed by atoms with E-state index in [-0.39, 0.29) is 31.1 Å². The van der Waals surface area contributed by atoms with Crippen LogP contribution in [0.2, 0.25) is 0 Å². The third-order valence-electron chi connectivity index (χ3n) is 2.09. The molecule has 0 saturated heterocycles. The quantitative estimate of drug-likeness (QED) is 0.767. The number of carbonyl (C=O) groups is 1. The van der Waals surface area contributed by atoms with E-state index in [0.717, 1.165) is 0 Å². The van der Waals surface area contributed by atoms with Gasteiger partial charge in [0.05, 0.1) is 6.04 Å². The average Bonchev–Trinajstić information content (AvgIpc) is 2.59. The Kier molecular flexibility index (Phi) is 3.65. The minimum Gasteiger partial charge on any atom is -0.351 e. The van der Waals surface area contributed by atoms with E-state index in [0.29, 0.717) is 6.42 Å². The SMILES string of the molecule is CCC(=O)[C@@H](Nc1noc(N)n1)C(C)C.[HH]. The Morgan fingerprint density at radius 3 is 2.73 bits per heavy atom. The molecule has 0 spiro atoms. The molecule has 0 aliphatic heterocycles. The number of nitrogens with zero attached hydrogens (tertiary/aromatic N) is 2. The van der Waals surface area contributed by atoms with Crippen LogP contribution < -0.4 is 11.1 Å². The molecule has 0 saturated carbocycles. The third kappa shape index (κ3) is 2.93. The van der Waals surface area contributed by atoms with Gasteiger partial charge in [0.1, 0.15) is 0 Å². The lowest BCUT2D eigenvalue weighted by atomic mass is 9.99. The molecule has 0 unspecified atom stereocenters. The van der Waals surface area contributed by atoms with E-state index in [1.54, 1.807) is 0 Å². The molecular formula is C9H18N4O2. The lowest BCUT2D eigenvalue weighted by Crippen LogP contribution is -2.34. The largest absolute Gasteiger partial charge is 0.351 e. The fraction of sp³-hybridized carbons (Fsp3) is 0.667. The van der Waals surface area contributed by atoms with Crippen LogP contribution in [0.5, 0.6) is 0 Å². The van der Waals surface area contributed by atoms with Crippen LogP contribution in [0.25, 0.3) is 0 Å². The van der Waals surface area contributed by atoms with Crippen LogP contribution in [0.4, 0.5) is 12.0 Å². The predicted octanol–water partition coefficient (Wildman–Crippen LogP) is 1.31. The number of hydrogen-bond acceptors (Lipinski definition) is 6. The Bertz CT molecular complexity index is 340. The summed E-state index contributed by atoms with van der Waals surface area (Å²) in [6, 6.07) is -0.309. The molecule has 6 heteroatoms. The van der Waals surface area contributed by atoms with Gasteiger partial charge in [-0.2, -0.15) is 4.98 Å². The van der Waals surface area contributed by atoms with E-state index < -0.39 is 0 Å². The minimum absolute atomic E-state index is 0. The molecule has 1 heterocycles. The molecule has 0 bridgehead atoms. The number of aromatic nitrogens is 2. The molecule has 0 radical (unpaired) electrons. The van der Waals surface area contributed by atoms with Gasteiger partial charge in [-0.15, -0.1) is 0 Å². The summed E-state index contributed by atoms with van der Waals surface area (Å²) in [6.07, 6.45) is 0.475. The van der Waals surface area contributed by atoms with Crippen molar-refractivity contribution in [3.8, 4) is 0 Å². The lowest BCUT2D eigenvalue weighted by Gasteiger charge is -2.18. The second kappa shape index (κ2) is 4.77. The van der Waals surface area contributed by atoms with Crippen LogP contribution in [0.3, 0.4) is 0 Å². The van der Waals surface area contributed by atoms with Crippen LogP contribution in [0, 0.1) is 5.92 Å². The highest BCUT2D eigenvalue weighted by molar-refractivity contribution is 5.86. The summed E-state index contributed by atoms with van der Waals surface area (Å²) in [7, 11) is 0. The Morgan fingerprint density at radius 2 is 2.33 bits per heavy atom. The second-order valence-corrected chi connectivity index (χ2v) is 3.64. The van der Waals surface area contributed by atoms with E-state index in [1.165, 1.54) is 0 Å². The summed E-state index contributed by atoms with van der Waals surface area (Å²) in [5.74, 6) is 0.540. The van der Waals surface area contributed by atoms with Crippen LogP contribution in [-0.4, -0.2) is 22.0 Å². The van der Waals surface area contributed by atoms with Crippen molar-refractivity contribution in [1.29, 1.82) is 0 Å². The lowest BCUT2D eigenvalue weighted by molar-refractivity contribution is -0.120. The number of nitrogens with two attached hydrogens (primary N) is 1. The Morgan fingerprint density at radius 1 is 1.67 bits per heavy atom. The highest BCUT2D eigenvalue weighted by Crippen LogP contribution is 2.12. The molecule has 86 valence electrons. The fourth-order valence-electron chi connectivity index (χ4n) is 1.27. The van der Waals surface area contributed by atoms with Crippen molar-refractivity contribution < 1.29 is 10.7 Å². The maximum atomic E-state index is 11.6. The molecule has 1 aromatic rings. The van der Waals surface area contributed by atoms with Gasteiger partial charge in [-0.05, 0) is 11.1 Å². The van der Waals surface area contributed by atoms with Crippen molar-refractivity contribution in [2.24, 2.45) is 5.92 Å². The predicted molar refractivity (Wildman–Crippen MR) is 58.4 cm³/mol. The number of ketones is 1. The van der Waals surface area contributed by atoms with Gasteiger partial charge in [0, 0.05) is 7.85 Å². The molecule has 1 atom stereocenters. The van der Waals surface area contributed by atoms with Crippen molar-refractivity contribution >= 4 is 17.7 Å². The normalized spacial score (nSPS) is 12.8. The summed E-state index contributed by atoms with van der Waals surface area (Å²) in [5, 5.41) is 6.48. The molecule has 3 N–H and O–H groups in total. The minimum atomic E-state index is -0.299. The molecule has 0 fully saturated rings. The summed E-state index contributed by atoms with van der Waals surface area (Å²) >= 11 is 0. The van der Waals surface area contributed by atoms with Crippen molar-refractivity contribution in [2.45, 2.75) is 33.2 Å². The van der Waals surface area contributed by atoms with Gasteiger partial charge in [-0.1, -0.05) is 20.8 Å². The van der Waals surface area contributed by atoms with Crippen LogP contribution >= 0.6 is 0 Å². The van der Waals surface area contributed by atoms with Crippen molar-refractivity contribution in [1.82, 2.24) is 10.1 Å². The summed E-state index contributed by atoms with van der Waals surface area (Å²) < 4.78 is 4.60. The summed E-state index contributed by atoms with van der Waals surface area (Å²) in [5.41, 5.74) is 5.27. The molecule has 0 aromatic carbocycles. The van der Waals surface area contributed by atoms with Crippen molar-refractivity contribution in [3.63, 3.8) is 0 Å². The maximum Gasteiger partial charge on any atom is 0.320 e. The van der Waals surface area contributed by atoms with Gasteiger partial charge in [0.15, 0.2) is 5.78 Å². The zero-order valence-corrected chi connectivity index (χ0v) is 9.15. The number of hydrogen-bond donors (Lipinski definition) is 2. The average molecular weight is 214 g/mol. The molecule has 0 aliphatic carbocycles. The molecular weight excluding hydrogens is 196 g/mol. The van der Waals surface area contributed by atoms with E-state index in [4.69, 9.17) is 5.73 Å².